The van der Waals surface area contributed by atoms with Crippen LogP contribution in [-0.4, -0.2) is 12.5 Å². The molecule has 0 aromatic heterocycles. The Labute approximate surface area is 161 Å². The maximum absolute atomic E-state index is 12.8. The Balaban J connectivity index is 1.64. The smallest absolute Gasteiger partial charge is 0.251 e. The average Bonchev–Trinajstić information content (AvgIpc) is 2.72. The SMILES string of the molecule is Cc1ccc(CCCNC(=O)/C(=C/c2ccccc2)c2ccccc2)cc1. The highest BCUT2D eigenvalue weighted by atomic mass is 16.1. The Morgan fingerprint density at radius 3 is 2.15 bits per heavy atom. The number of carbonyl (C=O) groups excluding carboxylic acids is 1. The van der Waals surface area contributed by atoms with E-state index in [9.17, 15) is 4.79 Å². The molecular weight excluding hydrogens is 330 g/mol. The van der Waals surface area contributed by atoms with Crippen molar-refractivity contribution >= 4 is 17.6 Å². The van der Waals surface area contributed by atoms with Gasteiger partial charge in [0.2, 0.25) is 0 Å². The van der Waals surface area contributed by atoms with Crippen LogP contribution < -0.4 is 5.32 Å². The number of amides is 1. The van der Waals surface area contributed by atoms with E-state index in [4.69, 9.17) is 0 Å². The van der Waals surface area contributed by atoms with Crippen LogP contribution in [0, 0.1) is 6.92 Å². The summed E-state index contributed by atoms with van der Waals surface area (Å²) in [6.07, 6.45) is 3.83. The molecule has 0 fully saturated rings. The first kappa shape index (κ1) is 18.7. The number of benzene rings is 3. The van der Waals surface area contributed by atoms with Gasteiger partial charge in [-0.25, -0.2) is 0 Å². The van der Waals surface area contributed by atoms with Crippen molar-refractivity contribution in [2.75, 3.05) is 6.54 Å². The van der Waals surface area contributed by atoms with Gasteiger partial charge < -0.3 is 5.32 Å². The lowest BCUT2D eigenvalue weighted by Gasteiger charge is -2.10. The van der Waals surface area contributed by atoms with E-state index >= 15 is 0 Å². The van der Waals surface area contributed by atoms with Gasteiger partial charge in [-0.1, -0.05) is 90.5 Å². The summed E-state index contributed by atoms with van der Waals surface area (Å²) in [5, 5.41) is 3.08. The summed E-state index contributed by atoms with van der Waals surface area (Å²) in [5.41, 5.74) is 5.21. The summed E-state index contributed by atoms with van der Waals surface area (Å²) in [7, 11) is 0. The summed E-state index contributed by atoms with van der Waals surface area (Å²) in [6.45, 7) is 2.75. The lowest BCUT2D eigenvalue weighted by atomic mass is 10.0. The summed E-state index contributed by atoms with van der Waals surface area (Å²) in [6, 6.07) is 28.3. The van der Waals surface area contributed by atoms with Gasteiger partial charge >= 0.3 is 0 Å². The van der Waals surface area contributed by atoms with Crippen molar-refractivity contribution in [3.05, 3.63) is 107 Å². The molecule has 136 valence electrons. The number of carbonyl (C=O) groups is 1. The van der Waals surface area contributed by atoms with Gasteiger partial charge in [-0.2, -0.15) is 0 Å². The molecule has 2 nitrogen and oxygen atoms in total. The molecule has 1 amide bonds. The molecule has 27 heavy (non-hydrogen) atoms. The fourth-order valence-corrected chi connectivity index (χ4v) is 2.96. The molecule has 0 aliphatic carbocycles. The number of aryl methyl sites for hydroxylation is 2. The Bertz CT molecular complexity index is 881. The third-order valence-electron chi connectivity index (χ3n) is 4.49. The summed E-state index contributed by atoms with van der Waals surface area (Å²) >= 11 is 0. The molecule has 2 heteroatoms. The highest BCUT2D eigenvalue weighted by Crippen LogP contribution is 2.18. The molecule has 0 saturated heterocycles. The van der Waals surface area contributed by atoms with Crippen molar-refractivity contribution in [2.45, 2.75) is 19.8 Å². The largest absolute Gasteiger partial charge is 0.352 e. The molecule has 1 N–H and O–H groups in total. The molecule has 0 bridgehead atoms. The lowest BCUT2D eigenvalue weighted by Crippen LogP contribution is -2.25. The molecule has 3 aromatic rings. The number of hydrogen-bond acceptors (Lipinski definition) is 1. The van der Waals surface area contributed by atoms with Crippen LogP contribution in [0.25, 0.3) is 11.6 Å². The highest BCUT2D eigenvalue weighted by Gasteiger charge is 2.11. The van der Waals surface area contributed by atoms with Crippen LogP contribution in [0.2, 0.25) is 0 Å². The number of rotatable bonds is 7. The van der Waals surface area contributed by atoms with Crippen molar-refractivity contribution in [1.29, 1.82) is 0 Å². The van der Waals surface area contributed by atoms with E-state index in [-0.39, 0.29) is 5.91 Å². The van der Waals surface area contributed by atoms with Crippen LogP contribution in [0.5, 0.6) is 0 Å². The van der Waals surface area contributed by atoms with Crippen LogP contribution in [-0.2, 0) is 11.2 Å². The molecule has 3 aromatic carbocycles. The third-order valence-corrected chi connectivity index (χ3v) is 4.49. The zero-order valence-electron chi connectivity index (χ0n) is 15.7. The molecule has 0 atom stereocenters. The first-order valence-corrected chi connectivity index (χ1v) is 9.38. The Hall–Kier alpha value is -3.13. The van der Waals surface area contributed by atoms with E-state index < -0.39 is 0 Å². The predicted octanol–water partition coefficient (Wildman–Crippen LogP) is 5.28. The number of hydrogen-bond donors (Lipinski definition) is 1. The first-order chi connectivity index (χ1) is 13.2. The van der Waals surface area contributed by atoms with Crippen molar-refractivity contribution in [2.24, 2.45) is 0 Å². The predicted molar refractivity (Wildman–Crippen MR) is 113 cm³/mol. The highest BCUT2D eigenvalue weighted by molar-refractivity contribution is 6.24. The van der Waals surface area contributed by atoms with Gasteiger partial charge in [0.05, 0.1) is 0 Å². The van der Waals surface area contributed by atoms with E-state index in [1.807, 2.05) is 66.7 Å². The van der Waals surface area contributed by atoms with Crippen LogP contribution in [0.1, 0.15) is 28.7 Å². The van der Waals surface area contributed by atoms with Crippen molar-refractivity contribution in [1.82, 2.24) is 5.32 Å². The van der Waals surface area contributed by atoms with E-state index in [2.05, 4.69) is 36.5 Å². The minimum atomic E-state index is -0.0334. The fourth-order valence-electron chi connectivity index (χ4n) is 2.96. The number of nitrogens with one attached hydrogen (secondary N) is 1. The molecule has 0 saturated carbocycles. The van der Waals surface area contributed by atoms with E-state index in [0.717, 1.165) is 24.0 Å². The minimum absolute atomic E-state index is 0.0334. The summed E-state index contributed by atoms with van der Waals surface area (Å²) in [4.78, 5) is 12.8. The monoisotopic (exact) mass is 355 g/mol. The second kappa shape index (κ2) is 9.54. The normalized spacial score (nSPS) is 11.2. The second-order valence-electron chi connectivity index (χ2n) is 6.68. The molecule has 0 aliphatic rings. The van der Waals surface area contributed by atoms with Crippen LogP contribution >= 0.6 is 0 Å². The van der Waals surface area contributed by atoms with Gasteiger partial charge in [-0.05, 0) is 42.5 Å². The van der Waals surface area contributed by atoms with Gasteiger partial charge in [0, 0.05) is 12.1 Å². The van der Waals surface area contributed by atoms with Crippen LogP contribution in [0.3, 0.4) is 0 Å². The van der Waals surface area contributed by atoms with Crippen LogP contribution in [0.4, 0.5) is 0 Å². The maximum Gasteiger partial charge on any atom is 0.251 e. The molecule has 0 unspecified atom stereocenters. The van der Waals surface area contributed by atoms with Crippen molar-refractivity contribution in [3.8, 4) is 0 Å². The van der Waals surface area contributed by atoms with Gasteiger partial charge in [0.15, 0.2) is 0 Å². The standard InChI is InChI=1S/C25H25NO/c1-20-14-16-21(17-15-20)11-8-18-26-25(27)24(23-12-6-3-7-13-23)19-22-9-4-2-5-10-22/h2-7,9-10,12-17,19H,8,11,18H2,1H3,(H,26,27)/b24-19+. The molecule has 0 spiro atoms. The summed E-state index contributed by atoms with van der Waals surface area (Å²) < 4.78 is 0. The zero-order chi connectivity index (χ0) is 18.9. The topological polar surface area (TPSA) is 29.1 Å². The zero-order valence-corrected chi connectivity index (χ0v) is 15.7. The fraction of sp³-hybridized carbons (Fsp3) is 0.160. The lowest BCUT2D eigenvalue weighted by molar-refractivity contribution is -0.115. The molecule has 0 aliphatic heterocycles. The van der Waals surface area contributed by atoms with Crippen molar-refractivity contribution in [3.63, 3.8) is 0 Å². The van der Waals surface area contributed by atoms with E-state index in [1.165, 1.54) is 11.1 Å². The first-order valence-electron chi connectivity index (χ1n) is 9.38. The van der Waals surface area contributed by atoms with Gasteiger partial charge in [0.1, 0.15) is 0 Å². The maximum atomic E-state index is 12.8. The second-order valence-corrected chi connectivity index (χ2v) is 6.68. The Morgan fingerprint density at radius 1 is 0.852 bits per heavy atom. The Morgan fingerprint density at radius 2 is 1.48 bits per heavy atom. The third kappa shape index (κ3) is 5.68. The molecule has 3 rings (SSSR count). The molecule has 0 heterocycles. The van der Waals surface area contributed by atoms with Gasteiger partial charge in [-0.3, -0.25) is 4.79 Å². The molecular formula is C25H25NO. The van der Waals surface area contributed by atoms with Gasteiger partial charge in [-0.15, -0.1) is 0 Å². The minimum Gasteiger partial charge on any atom is -0.352 e. The molecule has 0 radical (unpaired) electrons. The Kier molecular flexibility index (Phi) is 6.59. The van der Waals surface area contributed by atoms with Gasteiger partial charge in [0.25, 0.3) is 5.91 Å². The van der Waals surface area contributed by atoms with E-state index in [0.29, 0.717) is 12.1 Å². The van der Waals surface area contributed by atoms with Crippen LogP contribution in [0.15, 0.2) is 84.9 Å². The van der Waals surface area contributed by atoms with E-state index in [1.54, 1.807) is 0 Å². The summed E-state index contributed by atoms with van der Waals surface area (Å²) in [5.74, 6) is -0.0334. The average molecular weight is 355 g/mol. The quantitative estimate of drug-likeness (QED) is 0.348. The van der Waals surface area contributed by atoms with Crippen molar-refractivity contribution < 1.29 is 4.79 Å².